The van der Waals surface area contributed by atoms with E-state index in [0.717, 1.165) is 22.8 Å². The minimum Gasteiger partial charge on any atom is -0.316 e. The normalized spacial score (nSPS) is 10.4. The van der Waals surface area contributed by atoms with Crippen LogP contribution >= 0.6 is 11.6 Å². The zero-order valence-corrected chi connectivity index (χ0v) is 9.83. The van der Waals surface area contributed by atoms with Crippen LogP contribution in [0.25, 0.3) is 11.3 Å². The number of nitrogens with one attached hydrogen (secondary N) is 1. The van der Waals surface area contributed by atoms with Crippen molar-refractivity contribution in [3.63, 3.8) is 0 Å². The lowest BCUT2D eigenvalue weighted by Crippen LogP contribution is -2.05. The van der Waals surface area contributed by atoms with Crippen molar-refractivity contribution in [3.05, 3.63) is 53.2 Å². The van der Waals surface area contributed by atoms with Gasteiger partial charge in [-0.25, -0.2) is 0 Å². The minimum absolute atomic E-state index is 0.735. The number of pyridine rings is 1. The van der Waals surface area contributed by atoms with Crippen LogP contribution < -0.4 is 5.32 Å². The van der Waals surface area contributed by atoms with Gasteiger partial charge in [0.1, 0.15) is 0 Å². The highest BCUT2D eigenvalue weighted by molar-refractivity contribution is 6.30. The van der Waals surface area contributed by atoms with E-state index in [9.17, 15) is 0 Å². The van der Waals surface area contributed by atoms with Gasteiger partial charge < -0.3 is 5.32 Å². The quantitative estimate of drug-likeness (QED) is 0.880. The fourth-order valence-electron chi connectivity index (χ4n) is 1.59. The minimum atomic E-state index is 0.735. The molecule has 0 aliphatic carbocycles. The lowest BCUT2D eigenvalue weighted by Gasteiger charge is -2.04. The molecule has 0 atom stereocenters. The van der Waals surface area contributed by atoms with Gasteiger partial charge in [0.15, 0.2) is 0 Å². The van der Waals surface area contributed by atoms with Crippen molar-refractivity contribution in [2.75, 3.05) is 7.05 Å². The van der Waals surface area contributed by atoms with E-state index < -0.39 is 0 Å². The van der Waals surface area contributed by atoms with Crippen LogP contribution in [-0.2, 0) is 6.54 Å². The summed E-state index contributed by atoms with van der Waals surface area (Å²) in [5.74, 6) is 0. The second kappa shape index (κ2) is 5.10. The van der Waals surface area contributed by atoms with E-state index in [1.165, 1.54) is 5.56 Å². The SMILES string of the molecule is CNCc1ccnc(-c2cccc(Cl)c2)c1. The van der Waals surface area contributed by atoms with Gasteiger partial charge in [-0.3, -0.25) is 4.98 Å². The van der Waals surface area contributed by atoms with Crippen LogP contribution in [-0.4, -0.2) is 12.0 Å². The van der Waals surface area contributed by atoms with Crippen molar-refractivity contribution in [2.24, 2.45) is 0 Å². The Balaban J connectivity index is 2.36. The third kappa shape index (κ3) is 2.60. The molecule has 16 heavy (non-hydrogen) atoms. The summed E-state index contributed by atoms with van der Waals surface area (Å²) in [5.41, 5.74) is 3.22. The van der Waals surface area contributed by atoms with E-state index >= 15 is 0 Å². The summed E-state index contributed by atoms with van der Waals surface area (Å²) in [4.78, 5) is 4.35. The summed E-state index contributed by atoms with van der Waals surface area (Å²) < 4.78 is 0. The summed E-state index contributed by atoms with van der Waals surface area (Å²) >= 11 is 5.96. The van der Waals surface area contributed by atoms with E-state index in [1.54, 1.807) is 0 Å². The van der Waals surface area contributed by atoms with Crippen molar-refractivity contribution in [1.82, 2.24) is 10.3 Å². The Hall–Kier alpha value is -1.38. The fraction of sp³-hybridized carbons (Fsp3) is 0.154. The van der Waals surface area contributed by atoms with E-state index in [-0.39, 0.29) is 0 Å². The maximum Gasteiger partial charge on any atom is 0.0705 e. The van der Waals surface area contributed by atoms with E-state index in [2.05, 4.69) is 16.4 Å². The number of hydrogen-bond donors (Lipinski definition) is 1. The van der Waals surface area contributed by atoms with Crippen LogP contribution in [0.2, 0.25) is 5.02 Å². The third-order valence-corrected chi connectivity index (χ3v) is 2.56. The number of nitrogens with zero attached hydrogens (tertiary/aromatic N) is 1. The molecular formula is C13H13ClN2. The zero-order valence-electron chi connectivity index (χ0n) is 9.07. The number of aromatic nitrogens is 1. The van der Waals surface area contributed by atoms with Gasteiger partial charge in [-0.1, -0.05) is 23.7 Å². The molecule has 0 saturated heterocycles. The largest absolute Gasteiger partial charge is 0.316 e. The predicted molar refractivity (Wildman–Crippen MR) is 67.4 cm³/mol. The molecule has 2 aromatic rings. The molecule has 1 aromatic heterocycles. The third-order valence-electron chi connectivity index (χ3n) is 2.33. The Morgan fingerprint density at radius 2 is 2.12 bits per heavy atom. The predicted octanol–water partition coefficient (Wildman–Crippen LogP) is 3.12. The summed E-state index contributed by atoms with van der Waals surface area (Å²) in [6.07, 6.45) is 1.82. The van der Waals surface area contributed by atoms with Crippen LogP contribution in [0.3, 0.4) is 0 Å². The first-order valence-electron chi connectivity index (χ1n) is 5.15. The van der Waals surface area contributed by atoms with Gasteiger partial charge in [0, 0.05) is 23.3 Å². The molecule has 2 rings (SSSR count). The van der Waals surface area contributed by atoms with E-state index in [4.69, 9.17) is 11.6 Å². The molecular weight excluding hydrogens is 220 g/mol. The molecule has 0 aliphatic rings. The molecule has 0 radical (unpaired) electrons. The smallest absolute Gasteiger partial charge is 0.0705 e. The highest BCUT2D eigenvalue weighted by atomic mass is 35.5. The van der Waals surface area contributed by atoms with Crippen LogP contribution in [0.5, 0.6) is 0 Å². The van der Waals surface area contributed by atoms with E-state index in [0.29, 0.717) is 0 Å². The summed E-state index contributed by atoms with van der Waals surface area (Å²) in [6.45, 7) is 0.843. The molecule has 3 heteroatoms. The molecule has 1 heterocycles. The highest BCUT2D eigenvalue weighted by Gasteiger charge is 2.00. The molecule has 0 aliphatic heterocycles. The molecule has 1 N–H and O–H groups in total. The van der Waals surface area contributed by atoms with Gasteiger partial charge in [-0.15, -0.1) is 0 Å². The zero-order chi connectivity index (χ0) is 11.4. The molecule has 2 nitrogen and oxygen atoms in total. The van der Waals surface area contributed by atoms with Crippen LogP contribution in [0.4, 0.5) is 0 Å². The standard InChI is InChI=1S/C13H13ClN2/c1-15-9-10-5-6-16-13(7-10)11-3-2-4-12(14)8-11/h2-8,15H,9H2,1H3. The molecule has 0 spiro atoms. The number of hydrogen-bond acceptors (Lipinski definition) is 2. The maximum absolute atomic E-state index is 5.96. The molecule has 0 fully saturated rings. The topological polar surface area (TPSA) is 24.9 Å². The van der Waals surface area contributed by atoms with Gasteiger partial charge in [-0.05, 0) is 36.9 Å². The second-order valence-electron chi connectivity index (χ2n) is 3.59. The Kier molecular flexibility index (Phi) is 3.54. The molecule has 0 bridgehead atoms. The van der Waals surface area contributed by atoms with Gasteiger partial charge in [-0.2, -0.15) is 0 Å². The summed E-state index contributed by atoms with van der Waals surface area (Å²) in [5, 5.41) is 3.85. The van der Waals surface area contributed by atoms with Gasteiger partial charge in [0.05, 0.1) is 5.69 Å². The van der Waals surface area contributed by atoms with Crippen LogP contribution in [0.15, 0.2) is 42.6 Å². The average molecular weight is 233 g/mol. The Labute approximate surface area is 100 Å². The van der Waals surface area contributed by atoms with Crippen LogP contribution in [0.1, 0.15) is 5.56 Å². The summed E-state index contributed by atoms with van der Waals surface area (Å²) in [6, 6.07) is 11.8. The average Bonchev–Trinajstić information content (AvgIpc) is 2.30. The lowest BCUT2D eigenvalue weighted by molar-refractivity contribution is 0.816. The summed E-state index contributed by atoms with van der Waals surface area (Å²) in [7, 11) is 1.93. The van der Waals surface area contributed by atoms with Crippen molar-refractivity contribution in [1.29, 1.82) is 0 Å². The first-order chi connectivity index (χ1) is 7.79. The van der Waals surface area contributed by atoms with Crippen molar-refractivity contribution in [3.8, 4) is 11.3 Å². The van der Waals surface area contributed by atoms with Gasteiger partial charge >= 0.3 is 0 Å². The number of rotatable bonds is 3. The van der Waals surface area contributed by atoms with Gasteiger partial charge in [0.2, 0.25) is 0 Å². The fourth-order valence-corrected chi connectivity index (χ4v) is 1.78. The lowest BCUT2D eigenvalue weighted by atomic mass is 10.1. The molecule has 82 valence electrons. The highest BCUT2D eigenvalue weighted by Crippen LogP contribution is 2.21. The molecule has 0 unspecified atom stereocenters. The number of benzene rings is 1. The first kappa shape index (κ1) is 11.1. The second-order valence-corrected chi connectivity index (χ2v) is 4.03. The van der Waals surface area contributed by atoms with Crippen LogP contribution in [0, 0.1) is 0 Å². The van der Waals surface area contributed by atoms with Crippen molar-refractivity contribution < 1.29 is 0 Å². The monoisotopic (exact) mass is 232 g/mol. The molecule has 0 saturated carbocycles. The van der Waals surface area contributed by atoms with Crippen molar-refractivity contribution >= 4 is 11.6 Å². The first-order valence-corrected chi connectivity index (χ1v) is 5.53. The maximum atomic E-state index is 5.96. The van der Waals surface area contributed by atoms with E-state index in [1.807, 2.05) is 43.6 Å². The Bertz CT molecular complexity index is 483. The van der Waals surface area contributed by atoms with Gasteiger partial charge in [0.25, 0.3) is 0 Å². The number of halogens is 1. The Morgan fingerprint density at radius 3 is 2.88 bits per heavy atom. The van der Waals surface area contributed by atoms with Crippen molar-refractivity contribution in [2.45, 2.75) is 6.54 Å². The molecule has 0 amide bonds. The molecule has 1 aromatic carbocycles. The Morgan fingerprint density at radius 1 is 1.25 bits per heavy atom.